The van der Waals surface area contributed by atoms with Crippen molar-refractivity contribution in [3.05, 3.63) is 91.5 Å². The maximum atomic E-state index is 9.14. The topological polar surface area (TPSA) is 23.5 Å². The third-order valence-electron chi connectivity index (χ3n) is 4.88. The number of aliphatic hydroxyl groups excluding tert-OH is 1. The highest BCUT2D eigenvalue weighted by atomic mass is 31.1. The number of hydrogen-bond donors (Lipinski definition) is 1. The first-order valence-electron chi connectivity index (χ1n) is 9.19. The smallest absolute Gasteiger partial charge is 0.0443 e. The van der Waals surface area contributed by atoms with Crippen LogP contribution in [-0.2, 0) is 0 Å². The molecule has 0 aliphatic heterocycles. The molecule has 1 aliphatic carbocycles. The summed E-state index contributed by atoms with van der Waals surface area (Å²) in [5.41, 5.74) is 1.43. The molecule has 0 unspecified atom stereocenters. The van der Waals surface area contributed by atoms with Crippen LogP contribution >= 0.6 is 7.92 Å². The van der Waals surface area contributed by atoms with Crippen molar-refractivity contribution in [2.45, 2.75) is 19.4 Å². The quantitative estimate of drug-likeness (QED) is 0.724. The lowest BCUT2D eigenvalue weighted by Gasteiger charge is -2.36. The van der Waals surface area contributed by atoms with Gasteiger partial charge in [0.1, 0.15) is 0 Å². The van der Waals surface area contributed by atoms with Gasteiger partial charge in [-0.15, -0.1) is 0 Å². The number of rotatable bonds is 8. The molecule has 1 saturated carbocycles. The van der Waals surface area contributed by atoms with Crippen LogP contribution in [0.25, 0.3) is 0 Å². The zero-order valence-corrected chi connectivity index (χ0v) is 16.4. The number of benzene rings is 2. The van der Waals surface area contributed by atoms with Crippen molar-refractivity contribution in [1.29, 1.82) is 0 Å². The average Bonchev–Trinajstić information content (AvgIpc) is 3.16. The Kier molecular flexibility index (Phi) is 7.25. The molecule has 3 heteroatoms. The van der Waals surface area contributed by atoms with E-state index in [4.69, 9.17) is 5.11 Å². The summed E-state index contributed by atoms with van der Waals surface area (Å²) in [5, 5.41) is 11.9. The number of nitrogens with zero attached hydrogens (tertiary/aromatic N) is 1. The molecule has 0 aromatic heterocycles. The second-order valence-electron chi connectivity index (χ2n) is 6.61. The van der Waals surface area contributed by atoms with Gasteiger partial charge in [-0.1, -0.05) is 60.7 Å². The van der Waals surface area contributed by atoms with Crippen molar-refractivity contribution < 1.29 is 5.11 Å². The molecule has 0 saturated heterocycles. The van der Waals surface area contributed by atoms with E-state index < -0.39 is 7.92 Å². The maximum absolute atomic E-state index is 9.14. The van der Waals surface area contributed by atoms with Crippen LogP contribution in [0, 0.1) is 30.8 Å². The van der Waals surface area contributed by atoms with E-state index in [2.05, 4.69) is 98.8 Å². The number of hydrogen-bond acceptors (Lipinski definition) is 2. The van der Waals surface area contributed by atoms with Gasteiger partial charge in [0.2, 0.25) is 0 Å². The highest BCUT2D eigenvalue weighted by Gasteiger charge is 2.40. The summed E-state index contributed by atoms with van der Waals surface area (Å²) in [4.78, 5) is 2.33. The summed E-state index contributed by atoms with van der Waals surface area (Å²) in [6, 6.07) is 22.0. The molecule has 2 nitrogen and oxygen atoms in total. The molecular weight excluding hydrogens is 337 g/mol. The summed E-state index contributed by atoms with van der Waals surface area (Å²) < 4.78 is 0. The van der Waals surface area contributed by atoms with E-state index in [1.165, 1.54) is 22.2 Å². The van der Waals surface area contributed by atoms with Gasteiger partial charge in [-0.3, -0.25) is 0 Å². The number of aliphatic hydroxyl groups is 1. The Morgan fingerprint density at radius 3 is 2.04 bits per heavy atom. The predicted octanol–water partition coefficient (Wildman–Crippen LogP) is 3.55. The van der Waals surface area contributed by atoms with Crippen molar-refractivity contribution in [2.75, 3.05) is 20.2 Å². The van der Waals surface area contributed by atoms with Gasteiger partial charge in [0.05, 0.1) is 0 Å². The van der Waals surface area contributed by atoms with Crippen LogP contribution in [0.5, 0.6) is 0 Å². The molecule has 0 bridgehead atoms. The SMILES string of the molecule is C[C@H]([C]1[CH][CH][CH][C]1P(c1ccccc1)c1ccccc1)N(C)CCCO. The first-order valence-corrected chi connectivity index (χ1v) is 10.5. The Hall–Kier alpha value is -1.21. The zero-order valence-electron chi connectivity index (χ0n) is 15.5. The highest BCUT2D eigenvalue weighted by molar-refractivity contribution is 7.76. The minimum Gasteiger partial charge on any atom is -0.396 e. The minimum atomic E-state index is -0.576. The standard InChI is InChI=1S/C23H27NOP/c1-19(24(2)17-10-18-25)22-15-9-16-23(22)26(20-11-5-3-6-12-20)21-13-7-4-8-14-21/h3-9,11-16,19,25H,10,17-18H2,1-2H3/t19-/m1/s1. The molecule has 1 atom stereocenters. The fourth-order valence-electron chi connectivity index (χ4n) is 3.31. The average molecular weight is 364 g/mol. The van der Waals surface area contributed by atoms with Crippen LogP contribution in [-0.4, -0.2) is 36.2 Å². The van der Waals surface area contributed by atoms with Crippen molar-refractivity contribution >= 4 is 18.5 Å². The van der Waals surface area contributed by atoms with Gasteiger partial charge >= 0.3 is 0 Å². The van der Waals surface area contributed by atoms with Gasteiger partial charge in [0, 0.05) is 30.8 Å². The molecule has 1 fully saturated rings. The van der Waals surface area contributed by atoms with Crippen molar-refractivity contribution in [2.24, 2.45) is 0 Å². The normalized spacial score (nSPS) is 17.3. The van der Waals surface area contributed by atoms with Crippen LogP contribution in [0.15, 0.2) is 60.7 Å². The molecule has 3 rings (SSSR count). The fourth-order valence-corrected chi connectivity index (χ4v) is 5.86. The van der Waals surface area contributed by atoms with Gasteiger partial charge in [0.25, 0.3) is 0 Å². The molecular formula is C23H27NOP. The van der Waals surface area contributed by atoms with E-state index >= 15 is 0 Å². The van der Waals surface area contributed by atoms with Gasteiger partial charge in [-0.25, -0.2) is 0 Å². The van der Waals surface area contributed by atoms with E-state index in [0.29, 0.717) is 6.04 Å². The van der Waals surface area contributed by atoms with Crippen molar-refractivity contribution in [1.82, 2.24) is 4.90 Å². The van der Waals surface area contributed by atoms with Gasteiger partial charge in [0.15, 0.2) is 0 Å². The second kappa shape index (κ2) is 9.65. The molecule has 0 spiro atoms. The molecule has 26 heavy (non-hydrogen) atoms. The summed E-state index contributed by atoms with van der Waals surface area (Å²) >= 11 is 0. The van der Waals surface area contributed by atoms with Crippen LogP contribution < -0.4 is 10.6 Å². The molecule has 5 radical (unpaired) electrons. The van der Waals surface area contributed by atoms with Gasteiger partial charge in [-0.05, 0) is 58.2 Å². The van der Waals surface area contributed by atoms with Crippen molar-refractivity contribution in [3.63, 3.8) is 0 Å². The third-order valence-corrected chi connectivity index (χ3v) is 7.39. The van der Waals surface area contributed by atoms with E-state index in [0.717, 1.165) is 13.0 Å². The Labute approximate surface area is 160 Å². The lowest BCUT2D eigenvalue weighted by atomic mass is 9.98. The molecule has 135 valence electrons. The Morgan fingerprint density at radius 1 is 0.923 bits per heavy atom. The first-order chi connectivity index (χ1) is 12.7. The molecule has 2 aromatic carbocycles. The fraction of sp³-hybridized carbons (Fsp3) is 0.261. The van der Waals surface area contributed by atoms with E-state index in [1.807, 2.05) is 0 Å². The molecule has 0 heterocycles. The summed E-state index contributed by atoms with van der Waals surface area (Å²) in [5.74, 6) is 1.39. The van der Waals surface area contributed by atoms with Crippen LogP contribution in [0.1, 0.15) is 13.3 Å². The van der Waals surface area contributed by atoms with Gasteiger partial charge in [-0.2, -0.15) is 0 Å². The predicted molar refractivity (Wildman–Crippen MR) is 112 cm³/mol. The Morgan fingerprint density at radius 2 is 1.50 bits per heavy atom. The summed E-state index contributed by atoms with van der Waals surface area (Å²) in [7, 11) is 1.57. The zero-order chi connectivity index (χ0) is 18.4. The Balaban J connectivity index is 1.88. The lowest BCUT2D eigenvalue weighted by Crippen LogP contribution is -2.37. The van der Waals surface area contributed by atoms with Crippen molar-refractivity contribution in [3.8, 4) is 0 Å². The summed E-state index contributed by atoms with van der Waals surface area (Å²) in [6.07, 6.45) is 7.54. The van der Waals surface area contributed by atoms with Crippen LogP contribution in [0.3, 0.4) is 0 Å². The molecule has 2 aromatic rings. The highest BCUT2D eigenvalue weighted by Crippen LogP contribution is 2.57. The van der Waals surface area contributed by atoms with E-state index in [-0.39, 0.29) is 6.61 Å². The van der Waals surface area contributed by atoms with Crippen LogP contribution in [0.4, 0.5) is 0 Å². The molecule has 0 amide bonds. The third kappa shape index (κ3) is 4.55. The lowest BCUT2D eigenvalue weighted by molar-refractivity contribution is 0.223. The summed E-state index contributed by atoms with van der Waals surface area (Å²) in [6.45, 7) is 3.41. The second-order valence-corrected chi connectivity index (χ2v) is 8.79. The van der Waals surface area contributed by atoms with E-state index in [1.54, 1.807) is 0 Å². The first kappa shape index (κ1) is 19.5. The Bertz CT molecular complexity index is 608. The van der Waals surface area contributed by atoms with E-state index in [9.17, 15) is 0 Å². The minimum absolute atomic E-state index is 0.242. The monoisotopic (exact) mass is 364 g/mol. The molecule has 1 N–H and O–H groups in total. The molecule has 1 aliphatic rings. The maximum Gasteiger partial charge on any atom is 0.0443 e. The van der Waals surface area contributed by atoms with Crippen LogP contribution in [0.2, 0.25) is 0 Å². The van der Waals surface area contributed by atoms with Gasteiger partial charge < -0.3 is 10.0 Å². The largest absolute Gasteiger partial charge is 0.396 e.